The zero-order valence-electron chi connectivity index (χ0n) is 12.0. The van der Waals surface area contributed by atoms with E-state index in [0.29, 0.717) is 0 Å². The number of benzene rings is 2. The molecular weight excluding hydrogens is 262 g/mol. The van der Waals surface area contributed by atoms with Gasteiger partial charge >= 0.3 is 6.03 Å². The average molecular weight is 281 g/mol. The van der Waals surface area contributed by atoms with Crippen molar-refractivity contribution >= 4 is 28.6 Å². The van der Waals surface area contributed by atoms with E-state index < -0.39 is 6.03 Å². The second-order valence-electron chi connectivity index (χ2n) is 4.73. The van der Waals surface area contributed by atoms with Crippen LogP contribution in [0.5, 0.6) is 0 Å². The fourth-order valence-corrected chi connectivity index (χ4v) is 2.14. The second kappa shape index (κ2) is 7.24. The molecule has 4 nitrogen and oxygen atoms in total. The van der Waals surface area contributed by atoms with Crippen molar-refractivity contribution in [2.24, 2.45) is 10.8 Å². The molecular formula is C17H19N3O. The van der Waals surface area contributed by atoms with Crippen LogP contribution in [0.2, 0.25) is 0 Å². The zero-order valence-corrected chi connectivity index (χ0v) is 12.0. The van der Waals surface area contributed by atoms with E-state index in [-0.39, 0.29) is 0 Å². The SMILES string of the molecule is CCCC(/C=C/c1cccc2ccccc12)=N\NC(N)=O. The summed E-state index contributed by atoms with van der Waals surface area (Å²) in [7, 11) is 0. The number of amides is 2. The molecule has 0 aliphatic rings. The van der Waals surface area contributed by atoms with Crippen molar-refractivity contribution in [3.05, 3.63) is 54.1 Å². The summed E-state index contributed by atoms with van der Waals surface area (Å²) in [4.78, 5) is 10.7. The Morgan fingerprint density at radius 1 is 1.24 bits per heavy atom. The van der Waals surface area contributed by atoms with Gasteiger partial charge in [0.15, 0.2) is 0 Å². The third-order valence-electron chi connectivity index (χ3n) is 3.09. The van der Waals surface area contributed by atoms with Crippen LogP contribution >= 0.6 is 0 Å². The van der Waals surface area contributed by atoms with Crippen LogP contribution in [0.4, 0.5) is 4.79 Å². The second-order valence-corrected chi connectivity index (χ2v) is 4.73. The number of hydrogen-bond acceptors (Lipinski definition) is 2. The molecule has 0 saturated carbocycles. The van der Waals surface area contributed by atoms with Crippen molar-refractivity contribution in [1.82, 2.24) is 5.43 Å². The van der Waals surface area contributed by atoms with Gasteiger partial charge in [-0.1, -0.05) is 61.9 Å². The van der Waals surface area contributed by atoms with Crippen molar-refractivity contribution in [3.63, 3.8) is 0 Å². The molecule has 4 heteroatoms. The van der Waals surface area contributed by atoms with E-state index in [0.717, 1.165) is 24.1 Å². The lowest BCUT2D eigenvalue weighted by molar-refractivity contribution is 0.249. The van der Waals surface area contributed by atoms with E-state index in [1.807, 2.05) is 30.4 Å². The van der Waals surface area contributed by atoms with Crippen LogP contribution in [0.1, 0.15) is 25.3 Å². The van der Waals surface area contributed by atoms with Crippen LogP contribution in [0.15, 0.2) is 53.6 Å². The number of urea groups is 1. The number of hydrazone groups is 1. The quantitative estimate of drug-likeness (QED) is 0.637. The molecule has 0 atom stereocenters. The molecule has 3 N–H and O–H groups in total. The Balaban J connectivity index is 2.28. The number of carbonyl (C=O) groups is 1. The number of fused-ring (bicyclic) bond motifs is 1. The van der Waals surface area contributed by atoms with Gasteiger partial charge in [-0.25, -0.2) is 10.2 Å². The van der Waals surface area contributed by atoms with Gasteiger partial charge in [0.1, 0.15) is 0 Å². The van der Waals surface area contributed by atoms with Gasteiger partial charge in [0.05, 0.1) is 5.71 Å². The molecule has 108 valence electrons. The van der Waals surface area contributed by atoms with Crippen LogP contribution in [-0.2, 0) is 0 Å². The molecule has 0 heterocycles. The lowest BCUT2D eigenvalue weighted by Gasteiger charge is -2.03. The van der Waals surface area contributed by atoms with Crippen molar-refractivity contribution in [2.75, 3.05) is 0 Å². The highest BCUT2D eigenvalue weighted by Gasteiger charge is 1.98. The third-order valence-corrected chi connectivity index (χ3v) is 3.09. The fraction of sp³-hybridized carbons (Fsp3) is 0.176. The predicted molar refractivity (Wildman–Crippen MR) is 88.0 cm³/mol. The van der Waals surface area contributed by atoms with E-state index in [4.69, 9.17) is 5.73 Å². The Kier molecular flexibility index (Phi) is 5.10. The highest BCUT2D eigenvalue weighted by molar-refractivity contribution is 6.01. The minimum atomic E-state index is -0.651. The summed E-state index contributed by atoms with van der Waals surface area (Å²) in [6.45, 7) is 2.06. The molecule has 2 rings (SSSR count). The summed E-state index contributed by atoms with van der Waals surface area (Å²) < 4.78 is 0. The first-order valence-corrected chi connectivity index (χ1v) is 6.98. The summed E-state index contributed by atoms with van der Waals surface area (Å²) in [5, 5.41) is 6.40. The number of rotatable bonds is 5. The number of primary amides is 1. The van der Waals surface area contributed by atoms with Crippen LogP contribution in [0.25, 0.3) is 16.8 Å². The Hall–Kier alpha value is -2.62. The van der Waals surface area contributed by atoms with Gasteiger partial charge in [0, 0.05) is 0 Å². The summed E-state index contributed by atoms with van der Waals surface area (Å²) in [6.07, 6.45) is 5.65. The molecule has 0 aliphatic carbocycles. The van der Waals surface area contributed by atoms with Crippen molar-refractivity contribution in [1.29, 1.82) is 0 Å². The molecule has 0 fully saturated rings. The minimum Gasteiger partial charge on any atom is -0.350 e. The molecule has 0 saturated heterocycles. The maximum Gasteiger partial charge on any atom is 0.332 e. The highest BCUT2D eigenvalue weighted by atomic mass is 16.2. The van der Waals surface area contributed by atoms with E-state index >= 15 is 0 Å². The smallest absolute Gasteiger partial charge is 0.332 e. The van der Waals surface area contributed by atoms with Crippen LogP contribution in [0, 0.1) is 0 Å². The van der Waals surface area contributed by atoms with Gasteiger partial charge in [0.25, 0.3) is 0 Å². The monoisotopic (exact) mass is 281 g/mol. The molecule has 0 unspecified atom stereocenters. The van der Waals surface area contributed by atoms with Crippen molar-refractivity contribution in [2.45, 2.75) is 19.8 Å². The molecule has 0 radical (unpaired) electrons. The molecule has 0 spiro atoms. The molecule has 21 heavy (non-hydrogen) atoms. The number of allylic oxidation sites excluding steroid dienone is 1. The zero-order chi connectivity index (χ0) is 15.1. The maximum atomic E-state index is 10.7. The highest BCUT2D eigenvalue weighted by Crippen LogP contribution is 2.19. The van der Waals surface area contributed by atoms with Gasteiger partial charge in [-0.05, 0) is 28.8 Å². The fourth-order valence-electron chi connectivity index (χ4n) is 2.14. The normalized spacial score (nSPS) is 12.0. The molecule has 2 aromatic rings. The summed E-state index contributed by atoms with van der Waals surface area (Å²) in [5.41, 5.74) is 9.23. The molecule has 0 aliphatic heterocycles. The van der Waals surface area contributed by atoms with Crippen LogP contribution < -0.4 is 11.2 Å². The van der Waals surface area contributed by atoms with Crippen LogP contribution in [-0.4, -0.2) is 11.7 Å². The summed E-state index contributed by atoms with van der Waals surface area (Å²) >= 11 is 0. The van der Waals surface area contributed by atoms with E-state index in [9.17, 15) is 4.79 Å². The van der Waals surface area contributed by atoms with Gasteiger partial charge in [0.2, 0.25) is 0 Å². The first-order valence-electron chi connectivity index (χ1n) is 6.98. The lowest BCUT2D eigenvalue weighted by Crippen LogP contribution is -2.25. The Bertz CT molecular complexity index is 684. The minimum absolute atomic E-state index is 0.651. The molecule has 0 aromatic heterocycles. The van der Waals surface area contributed by atoms with Crippen LogP contribution in [0.3, 0.4) is 0 Å². The van der Waals surface area contributed by atoms with Gasteiger partial charge in [-0.3, -0.25) is 0 Å². The summed E-state index contributed by atoms with van der Waals surface area (Å²) in [6, 6.07) is 13.7. The number of nitrogens with one attached hydrogen (secondary N) is 1. The number of carbonyl (C=O) groups excluding carboxylic acids is 1. The number of nitrogens with zero attached hydrogens (tertiary/aromatic N) is 1. The first kappa shape index (κ1) is 14.8. The number of nitrogens with two attached hydrogens (primary N) is 1. The van der Waals surface area contributed by atoms with E-state index in [2.05, 4.69) is 41.7 Å². The van der Waals surface area contributed by atoms with Gasteiger partial charge < -0.3 is 5.73 Å². The van der Waals surface area contributed by atoms with Gasteiger partial charge in [-0.2, -0.15) is 5.10 Å². The van der Waals surface area contributed by atoms with Crippen molar-refractivity contribution < 1.29 is 4.79 Å². The predicted octanol–water partition coefficient (Wildman–Crippen LogP) is 3.68. The largest absolute Gasteiger partial charge is 0.350 e. The number of hydrogen-bond donors (Lipinski definition) is 2. The van der Waals surface area contributed by atoms with Gasteiger partial charge in [-0.15, -0.1) is 0 Å². The third kappa shape index (κ3) is 4.18. The Morgan fingerprint density at radius 2 is 2.00 bits per heavy atom. The molecule has 2 aromatic carbocycles. The van der Waals surface area contributed by atoms with Crippen molar-refractivity contribution in [3.8, 4) is 0 Å². The lowest BCUT2D eigenvalue weighted by atomic mass is 10.0. The van der Waals surface area contributed by atoms with E-state index in [1.54, 1.807) is 0 Å². The average Bonchev–Trinajstić information content (AvgIpc) is 2.50. The van der Waals surface area contributed by atoms with E-state index in [1.165, 1.54) is 10.8 Å². The Labute approximate surface area is 124 Å². The molecule has 0 bridgehead atoms. The maximum absolute atomic E-state index is 10.7. The summed E-state index contributed by atoms with van der Waals surface area (Å²) in [5.74, 6) is 0. The molecule has 2 amide bonds. The standard InChI is InChI=1S/C17H19N3O/c1-2-6-15(19-20-17(18)21)12-11-14-9-5-8-13-7-3-4-10-16(13)14/h3-5,7-12H,2,6H2,1H3,(H3,18,20,21)/b12-11+,19-15+. The first-order chi connectivity index (χ1) is 10.2. The topological polar surface area (TPSA) is 67.5 Å². The Morgan fingerprint density at radius 3 is 2.76 bits per heavy atom.